The summed E-state index contributed by atoms with van der Waals surface area (Å²) < 4.78 is 46.4. The number of sulfone groups is 1. The summed E-state index contributed by atoms with van der Waals surface area (Å²) in [6, 6.07) is 5.87. The number of halogens is 1. The highest BCUT2D eigenvalue weighted by Crippen LogP contribution is 2.35. The zero-order valence-electron chi connectivity index (χ0n) is 24.1. The minimum atomic E-state index is -3.61. The molecular weight excluding hydrogens is 594 g/mol. The maximum absolute atomic E-state index is 13.4. The number of pyridine rings is 1. The molecule has 2 amide bonds. The second-order valence-electron chi connectivity index (χ2n) is 10.4. The van der Waals surface area contributed by atoms with Gasteiger partial charge < -0.3 is 24.3 Å². The van der Waals surface area contributed by atoms with Gasteiger partial charge in [0, 0.05) is 18.5 Å². The van der Waals surface area contributed by atoms with Crippen molar-refractivity contribution >= 4 is 56.9 Å². The fourth-order valence-corrected chi connectivity index (χ4v) is 4.32. The zero-order valence-corrected chi connectivity index (χ0v) is 25.6. The van der Waals surface area contributed by atoms with Crippen molar-refractivity contribution in [1.29, 1.82) is 0 Å². The van der Waals surface area contributed by atoms with E-state index < -0.39 is 46.4 Å². The lowest BCUT2D eigenvalue weighted by Gasteiger charge is -2.25. The van der Waals surface area contributed by atoms with Crippen molar-refractivity contribution in [1.82, 2.24) is 19.9 Å². The van der Waals surface area contributed by atoms with E-state index in [1.807, 2.05) is 0 Å². The minimum absolute atomic E-state index is 0.00908. The molecule has 228 valence electrons. The molecule has 1 atom stereocenters. The average molecular weight is 626 g/mol. The van der Waals surface area contributed by atoms with E-state index in [0.29, 0.717) is 10.7 Å². The zero-order chi connectivity index (χ0) is 31.4. The predicted molar refractivity (Wildman–Crippen MR) is 152 cm³/mol. The normalized spacial score (nSPS) is 12.5. The highest BCUT2D eigenvalue weighted by atomic mass is 35.5. The quantitative estimate of drug-likeness (QED) is 0.268. The Morgan fingerprint density at radius 3 is 2.40 bits per heavy atom. The number of alkyl carbamates (subject to hydrolysis) is 1. The lowest BCUT2D eigenvalue weighted by molar-refractivity contribution is -0.155. The van der Waals surface area contributed by atoms with E-state index in [2.05, 4.69) is 15.4 Å². The minimum Gasteiger partial charge on any atom is -0.495 e. The SMILES string of the molecule is COc1cc(S(C)(=O)=O)ccc1N(C(=O)OCOC(=O)C(NC(=O)OC(C)(C)C)C(C)C)c1nc2ccc(Cl)cn2n1. The van der Waals surface area contributed by atoms with Crippen molar-refractivity contribution in [2.24, 2.45) is 5.92 Å². The predicted octanol–water partition coefficient (Wildman–Crippen LogP) is 4.12. The van der Waals surface area contributed by atoms with Gasteiger partial charge in [0.2, 0.25) is 6.79 Å². The van der Waals surface area contributed by atoms with Gasteiger partial charge in [0.15, 0.2) is 15.5 Å². The van der Waals surface area contributed by atoms with Gasteiger partial charge in [0.25, 0.3) is 5.95 Å². The molecular formula is C26H32ClN5O9S. The first-order chi connectivity index (χ1) is 19.5. The third kappa shape index (κ3) is 8.22. The van der Waals surface area contributed by atoms with Gasteiger partial charge in [0.1, 0.15) is 17.4 Å². The van der Waals surface area contributed by atoms with Crippen LogP contribution in [0.25, 0.3) is 5.65 Å². The first kappa shape index (κ1) is 32.4. The molecule has 0 spiro atoms. The van der Waals surface area contributed by atoms with Crippen LogP contribution >= 0.6 is 11.6 Å². The Labute approximate surface area is 247 Å². The van der Waals surface area contributed by atoms with Crippen LogP contribution in [0.2, 0.25) is 5.02 Å². The lowest BCUT2D eigenvalue weighted by atomic mass is 10.1. The molecule has 3 aromatic rings. The first-order valence-corrected chi connectivity index (χ1v) is 14.8. The number of anilines is 2. The van der Waals surface area contributed by atoms with E-state index in [9.17, 15) is 22.8 Å². The number of hydrogen-bond donors (Lipinski definition) is 1. The van der Waals surface area contributed by atoms with Gasteiger partial charge >= 0.3 is 18.2 Å². The molecule has 0 aliphatic rings. The van der Waals surface area contributed by atoms with Crippen LogP contribution in [-0.4, -0.2) is 73.0 Å². The first-order valence-electron chi connectivity index (χ1n) is 12.5. The molecule has 1 unspecified atom stereocenters. The Kier molecular flexibility index (Phi) is 9.89. The van der Waals surface area contributed by atoms with E-state index in [1.165, 1.54) is 36.0 Å². The Hall–Kier alpha value is -4.11. The van der Waals surface area contributed by atoms with E-state index >= 15 is 0 Å². The van der Waals surface area contributed by atoms with Gasteiger partial charge in [0.05, 0.1) is 22.7 Å². The number of hydrogen-bond acceptors (Lipinski definition) is 11. The van der Waals surface area contributed by atoms with Crippen molar-refractivity contribution in [2.45, 2.75) is 51.2 Å². The Morgan fingerprint density at radius 1 is 1.12 bits per heavy atom. The standard InChI is InChI=1S/C26H32ClN5O9S/c1-15(2)21(29-24(34)41-26(3,4)5)22(33)39-14-40-25(35)32(23-28-20-11-8-16(27)13-31(20)30-23)18-10-9-17(42(7,36)37)12-19(18)38-6/h8-13,15,21H,14H2,1-7H3,(H,29,34). The summed E-state index contributed by atoms with van der Waals surface area (Å²) in [5, 5.41) is 7.09. The summed E-state index contributed by atoms with van der Waals surface area (Å²) in [5.41, 5.74) is -0.417. The summed E-state index contributed by atoms with van der Waals surface area (Å²) in [4.78, 5) is 43.5. The van der Waals surface area contributed by atoms with E-state index in [1.54, 1.807) is 46.8 Å². The maximum atomic E-state index is 13.4. The van der Waals surface area contributed by atoms with E-state index in [0.717, 1.165) is 11.2 Å². The van der Waals surface area contributed by atoms with E-state index in [4.69, 9.17) is 30.5 Å². The second-order valence-corrected chi connectivity index (χ2v) is 12.8. The van der Waals surface area contributed by atoms with Gasteiger partial charge in [-0.2, -0.15) is 4.98 Å². The third-order valence-corrected chi connectivity index (χ3v) is 6.80. The van der Waals surface area contributed by atoms with Gasteiger partial charge in [-0.05, 0) is 51.0 Å². The third-order valence-electron chi connectivity index (χ3n) is 5.46. The molecule has 42 heavy (non-hydrogen) atoms. The van der Waals surface area contributed by atoms with Crippen LogP contribution in [0, 0.1) is 5.92 Å². The number of nitrogens with zero attached hydrogens (tertiary/aromatic N) is 4. The summed E-state index contributed by atoms with van der Waals surface area (Å²) in [6.07, 6.45) is 0.587. The number of carbonyl (C=O) groups is 3. The number of carbonyl (C=O) groups excluding carboxylic acids is 3. The Balaban J connectivity index is 1.87. The smallest absolute Gasteiger partial charge is 0.424 e. The molecule has 3 rings (SSSR count). The van der Waals surface area contributed by atoms with Crippen LogP contribution in [0.1, 0.15) is 34.6 Å². The Morgan fingerprint density at radius 2 is 1.81 bits per heavy atom. The molecule has 0 radical (unpaired) electrons. The van der Waals surface area contributed by atoms with Gasteiger partial charge in [-0.1, -0.05) is 25.4 Å². The molecule has 2 aromatic heterocycles. The van der Waals surface area contributed by atoms with Crippen LogP contribution in [0.15, 0.2) is 41.4 Å². The lowest BCUT2D eigenvalue weighted by Crippen LogP contribution is -2.47. The van der Waals surface area contributed by atoms with Crippen molar-refractivity contribution in [3.8, 4) is 5.75 Å². The topological polar surface area (TPSA) is 168 Å². The molecule has 1 aromatic carbocycles. The van der Waals surface area contributed by atoms with Gasteiger partial charge in [-0.3, -0.25) is 0 Å². The monoisotopic (exact) mass is 625 g/mol. The molecule has 0 aliphatic carbocycles. The number of esters is 1. The number of nitrogens with one attached hydrogen (secondary N) is 1. The van der Waals surface area contributed by atoms with Gasteiger partial charge in [-0.25, -0.2) is 32.2 Å². The molecule has 2 heterocycles. The molecule has 1 N–H and O–H groups in total. The van der Waals surface area contributed by atoms with Crippen LogP contribution < -0.4 is 15.0 Å². The summed E-state index contributed by atoms with van der Waals surface area (Å²) in [6.45, 7) is 7.57. The largest absolute Gasteiger partial charge is 0.495 e. The fraction of sp³-hybridized carbons (Fsp3) is 0.423. The van der Waals surface area contributed by atoms with Crippen molar-refractivity contribution in [3.05, 3.63) is 41.6 Å². The van der Waals surface area contributed by atoms with Crippen molar-refractivity contribution in [2.75, 3.05) is 25.1 Å². The summed E-state index contributed by atoms with van der Waals surface area (Å²) >= 11 is 6.05. The number of aromatic nitrogens is 3. The van der Waals surface area contributed by atoms with Crippen LogP contribution in [0.3, 0.4) is 0 Å². The molecule has 16 heteroatoms. The average Bonchev–Trinajstić information content (AvgIpc) is 3.28. The summed E-state index contributed by atoms with van der Waals surface area (Å²) in [7, 11) is -2.32. The van der Waals surface area contributed by atoms with Gasteiger partial charge in [-0.15, -0.1) is 5.10 Å². The fourth-order valence-electron chi connectivity index (χ4n) is 3.53. The number of benzene rings is 1. The number of ether oxygens (including phenoxy) is 4. The van der Waals surface area contributed by atoms with Crippen LogP contribution in [-0.2, 0) is 28.8 Å². The highest BCUT2D eigenvalue weighted by Gasteiger charge is 2.31. The Bertz CT molecular complexity index is 1580. The molecule has 0 saturated carbocycles. The molecule has 0 bridgehead atoms. The van der Waals surface area contributed by atoms with E-state index in [-0.39, 0.29) is 28.2 Å². The van der Waals surface area contributed by atoms with Crippen LogP contribution in [0.5, 0.6) is 5.75 Å². The second kappa shape index (κ2) is 12.8. The molecule has 0 fully saturated rings. The maximum Gasteiger partial charge on any atom is 0.424 e. The van der Waals surface area contributed by atoms with Crippen molar-refractivity contribution in [3.63, 3.8) is 0 Å². The number of amides is 2. The molecule has 14 nitrogen and oxygen atoms in total. The molecule has 0 saturated heterocycles. The summed E-state index contributed by atoms with van der Waals surface area (Å²) in [5.74, 6) is -1.44. The number of methoxy groups -OCH3 is 1. The highest BCUT2D eigenvalue weighted by molar-refractivity contribution is 7.90. The number of rotatable bonds is 9. The molecule has 0 aliphatic heterocycles. The number of fused-ring (bicyclic) bond motifs is 1. The van der Waals surface area contributed by atoms with Crippen LogP contribution in [0.4, 0.5) is 21.2 Å². The van der Waals surface area contributed by atoms with Crippen molar-refractivity contribution < 1.29 is 41.7 Å².